The van der Waals surface area contributed by atoms with Crippen LogP contribution in [0.15, 0.2) is 34.9 Å². The molecule has 0 atom stereocenters. The molecule has 1 fully saturated rings. The maximum absolute atomic E-state index is 5.68. The molecule has 0 spiro atoms. The summed E-state index contributed by atoms with van der Waals surface area (Å²) in [6.07, 6.45) is 4.53. The number of nitrogens with one attached hydrogen (secondary N) is 1. The molecule has 0 amide bonds. The zero-order valence-electron chi connectivity index (χ0n) is 13.1. The Hall–Kier alpha value is -1.32. The predicted octanol–water partition coefficient (Wildman–Crippen LogP) is 3.64. The van der Waals surface area contributed by atoms with E-state index < -0.39 is 0 Å². The van der Waals surface area contributed by atoms with Crippen LogP contribution in [0.25, 0.3) is 11.0 Å². The summed E-state index contributed by atoms with van der Waals surface area (Å²) < 4.78 is 5.68. The van der Waals surface area contributed by atoms with Gasteiger partial charge in [0.15, 0.2) is 0 Å². The van der Waals surface area contributed by atoms with Crippen LogP contribution in [-0.2, 0) is 6.54 Å². The monoisotopic (exact) mass is 286 g/mol. The van der Waals surface area contributed by atoms with E-state index in [4.69, 9.17) is 4.42 Å². The molecule has 2 heterocycles. The third-order valence-electron chi connectivity index (χ3n) is 4.62. The number of piperidine rings is 1. The number of hydrogen-bond acceptors (Lipinski definition) is 3. The van der Waals surface area contributed by atoms with E-state index >= 15 is 0 Å². The van der Waals surface area contributed by atoms with Gasteiger partial charge >= 0.3 is 0 Å². The normalized spacial score (nSPS) is 17.1. The molecule has 1 aromatic carbocycles. The average Bonchev–Trinajstić information content (AvgIpc) is 2.91. The van der Waals surface area contributed by atoms with Crippen molar-refractivity contribution in [1.82, 2.24) is 10.2 Å². The molecule has 0 bridgehead atoms. The molecule has 0 saturated carbocycles. The summed E-state index contributed by atoms with van der Waals surface area (Å²) in [5.41, 5.74) is 2.31. The highest BCUT2D eigenvalue weighted by Gasteiger charge is 2.20. The zero-order valence-corrected chi connectivity index (χ0v) is 13.1. The second-order valence-corrected chi connectivity index (χ2v) is 6.47. The maximum Gasteiger partial charge on any atom is 0.134 e. The van der Waals surface area contributed by atoms with Crippen molar-refractivity contribution < 1.29 is 4.42 Å². The molecule has 0 unspecified atom stereocenters. The Morgan fingerprint density at radius 1 is 1.24 bits per heavy atom. The minimum Gasteiger partial charge on any atom is -0.464 e. The molecule has 3 nitrogen and oxygen atoms in total. The largest absolute Gasteiger partial charge is 0.464 e. The van der Waals surface area contributed by atoms with Crippen LogP contribution >= 0.6 is 0 Å². The van der Waals surface area contributed by atoms with Gasteiger partial charge < -0.3 is 9.73 Å². The molecule has 0 aliphatic carbocycles. The Balaban J connectivity index is 1.72. The van der Waals surface area contributed by atoms with Crippen LogP contribution in [-0.4, -0.2) is 30.6 Å². The lowest BCUT2D eigenvalue weighted by molar-refractivity contribution is 0.162. The molecule has 21 heavy (non-hydrogen) atoms. The predicted molar refractivity (Wildman–Crippen MR) is 87.4 cm³/mol. The highest BCUT2D eigenvalue weighted by atomic mass is 16.3. The number of furan rings is 1. The van der Waals surface area contributed by atoms with E-state index in [-0.39, 0.29) is 0 Å². The molecule has 2 aromatic rings. The van der Waals surface area contributed by atoms with E-state index in [1.54, 1.807) is 0 Å². The van der Waals surface area contributed by atoms with Crippen LogP contribution in [0.4, 0.5) is 0 Å². The van der Waals surface area contributed by atoms with Crippen molar-refractivity contribution in [1.29, 1.82) is 0 Å². The molecule has 1 aromatic heterocycles. The van der Waals surface area contributed by atoms with Crippen molar-refractivity contribution in [2.24, 2.45) is 5.92 Å². The van der Waals surface area contributed by atoms with E-state index in [0.717, 1.165) is 18.0 Å². The Kier molecular flexibility index (Phi) is 4.61. The molecular weight excluding hydrogens is 260 g/mol. The van der Waals surface area contributed by atoms with E-state index in [2.05, 4.69) is 36.2 Å². The van der Waals surface area contributed by atoms with Gasteiger partial charge in [-0.05, 0) is 51.8 Å². The summed E-state index contributed by atoms with van der Waals surface area (Å²) in [6, 6.07) is 8.90. The van der Waals surface area contributed by atoms with Crippen molar-refractivity contribution in [3.05, 3.63) is 36.1 Å². The molecule has 3 heteroatoms. The van der Waals surface area contributed by atoms with Gasteiger partial charge in [-0.15, -0.1) is 0 Å². The van der Waals surface area contributed by atoms with Gasteiger partial charge in [0.05, 0.1) is 6.26 Å². The highest BCUT2D eigenvalue weighted by molar-refractivity contribution is 5.80. The lowest BCUT2D eigenvalue weighted by Gasteiger charge is -2.32. The molecule has 1 aliphatic rings. The molecule has 1 saturated heterocycles. The minimum absolute atomic E-state index is 0.563. The summed E-state index contributed by atoms with van der Waals surface area (Å²) in [6.45, 7) is 9.11. The van der Waals surface area contributed by atoms with Crippen molar-refractivity contribution >= 4 is 11.0 Å². The first-order chi connectivity index (χ1) is 10.2. The van der Waals surface area contributed by atoms with Crippen LogP contribution in [0.1, 0.15) is 32.3 Å². The average molecular weight is 286 g/mol. The Labute approximate surface area is 127 Å². The summed E-state index contributed by atoms with van der Waals surface area (Å²) in [4.78, 5) is 2.59. The molecule has 1 aliphatic heterocycles. The lowest BCUT2D eigenvalue weighted by Crippen LogP contribution is -2.39. The summed E-state index contributed by atoms with van der Waals surface area (Å²) in [5, 5.41) is 4.71. The van der Waals surface area contributed by atoms with Crippen LogP contribution < -0.4 is 5.32 Å². The van der Waals surface area contributed by atoms with Crippen LogP contribution in [0.3, 0.4) is 0 Å². The topological polar surface area (TPSA) is 28.4 Å². The summed E-state index contributed by atoms with van der Waals surface area (Å²) in [7, 11) is 0. The van der Waals surface area contributed by atoms with Gasteiger partial charge in [0.25, 0.3) is 0 Å². The first-order valence-corrected chi connectivity index (χ1v) is 8.14. The summed E-state index contributed by atoms with van der Waals surface area (Å²) >= 11 is 0. The zero-order chi connectivity index (χ0) is 14.7. The SMILES string of the molecule is CC(C)N(Cc1coc2ccccc12)CC1CCNCC1. The van der Waals surface area contributed by atoms with E-state index in [9.17, 15) is 0 Å². The summed E-state index contributed by atoms with van der Waals surface area (Å²) in [5.74, 6) is 0.826. The maximum atomic E-state index is 5.68. The quantitative estimate of drug-likeness (QED) is 0.909. The molecule has 1 N–H and O–H groups in total. The van der Waals surface area contributed by atoms with Gasteiger partial charge in [0.1, 0.15) is 5.58 Å². The number of rotatable bonds is 5. The first kappa shape index (κ1) is 14.6. The number of benzene rings is 1. The second kappa shape index (κ2) is 6.63. The molecular formula is C18H26N2O. The third kappa shape index (κ3) is 3.47. The fraction of sp³-hybridized carbons (Fsp3) is 0.556. The Morgan fingerprint density at radius 3 is 2.76 bits per heavy atom. The fourth-order valence-corrected chi connectivity index (χ4v) is 3.23. The number of hydrogen-bond donors (Lipinski definition) is 1. The van der Waals surface area contributed by atoms with E-state index in [1.807, 2.05) is 18.4 Å². The van der Waals surface area contributed by atoms with Gasteiger partial charge in [-0.25, -0.2) is 0 Å². The lowest BCUT2D eigenvalue weighted by atomic mass is 9.96. The minimum atomic E-state index is 0.563. The standard InChI is InChI=1S/C18H26N2O/c1-14(2)20(11-15-7-9-19-10-8-15)12-16-13-21-18-6-4-3-5-17(16)18/h3-6,13-15,19H,7-12H2,1-2H3. The second-order valence-electron chi connectivity index (χ2n) is 6.47. The van der Waals surface area contributed by atoms with Crippen LogP contribution in [0.2, 0.25) is 0 Å². The fourth-order valence-electron chi connectivity index (χ4n) is 3.23. The molecule has 3 rings (SSSR count). The van der Waals surface area contributed by atoms with Crippen molar-refractivity contribution in [2.45, 2.75) is 39.3 Å². The van der Waals surface area contributed by atoms with E-state index in [1.165, 1.54) is 43.4 Å². The third-order valence-corrected chi connectivity index (χ3v) is 4.62. The molecule has 114 valence electrons. The highest BCUT2D eigenvalue weighted by Crippen LogP contribution is 2.24. The van der Waals surface area contributed by atoms with Crippen LogP contribution in [0, 0.1) is 5.92 Å². The molecule has 0 radical (unpaired) electrons. The number of fused-ring (bicyclic) bond motifs is 1. The van der Waals surface area contributed by atoms with Crippen molar-refractivity contribution in [3.63, 3.8) is 0 Å². The van der Waals surface area contributed by atoms with E-state index in [0.29, 0.717) is 6.04 Å². The van der Waals surface area contributed by atoms with Gasteiger partial charge in [0.2, 0.25) is 0 Å². The Bertz CT molecular complexity index is 569. The smallest absolute Gasteiger partial charge is 0.134 e. The number of nitrogens with zero attached hydrogens (tertiary/aromatic N) is 1. The van der Waals surface area contributed by atoms with Gasteiger partial charge in [0, 0.05) is 30.1 Å². The Morgan fingerprint density at radius 2 is 2.00 bits per heavy atom. The first-order valence-electron chi connectivity index (χ1n) is 8.14. The van der Waals surface area contributed by atoms with Gasteiger partial charge in [-0.1, -0.05) is 18.2 Å². The van der Waals surface area contributed by atoms with Gasteiger partial charge in [-0.2, -0.15) is 0 Å². The van der Waals surface area contributed by atoms with Crippen LogP contribution in [0.5, 0.6) is 0 Å². The van der Waals surface area contributed by atoms with Crippen molar-refractivity contribution in [3.8, 4) is 0 Å². The number of para-hydroxylation sites is 1. The van der Waals surface area contributed by atoms with Crippen molar-refractivity contribution in [2.75, 3.05) is 19.6 Å². The van der Waals surface area contributed by atoms with Gasteiger partial charge in [-0.3, -0.25) is 4.90 Å².